The molecule has 1 aromatic carbocycles. The molecule has 22 heavy (non-hydrogen) atoms. The van der Waals surface area contributed by atoms with Crippen molar-refractivity contribution in [2.45, 2.75) is 36.1 Å². The fourth-order valence-corrected chi connectivity index (χ4v) is 3.55. The van der Waals surface area contributed by atoms with Crippen LogP contribution < -0.4 is 10.3 Å². The molecule has 2 aliphatic heterocycles. The van der Waals surface area contributed by atoms with Crippen molar-refractivity contribution in [3.05, 3.63) is 18.2 Å². The molecule has 2 heterocycles. The summed E-state index contributed by atoms with van der Waals surface area (Å²) < 4.78 is 40.1. The van der Waals surface area contributed by atoms with Gasteiger partial charge >= 0.3 is 6.18 Å². The van der Waals surface area contributed by atoms with Crippen LogP contribution in [0.5, 0.6) is 0 Å². The lowest BCUT2D eigenvalue weighted by Crippen LogP contribution is -2.48. The zero-order chi connectivity index (χ0) is 16.1. The number of halogens is 3. The number of nitrogens with zero attached hydrogens (tertiary/aromatic N) is 2. The summed E-state index contributed by atoms with van der Waals surface area (Å²) in [7, 11) is 1.81. The standard InChI is InChI=1S/C13H14F3N3O2S/c1-18-17-8-3-2-7(6-10(8)22-18)19-9(4-5-11(19)20)12(21)13(14,15)16/h2-3,6,9,12,17,21H,4-5H2,1H3. The van der Waals surface area contributed by atoms with Crippen LogP contribution in [0.2, 0.25) is 0 Å². The second kappa shape index (κ2) is 5.32. The van der Waals surface area contributed by atoms with E-state index in [1.165, 1.54) is 11.9 Å². The Bertz CT molecular complexity index is 611. The maximum Gasteiger partial charge on any atom is 0.416 e. The Labute approximate surface area is 129 Å². The number of anilines is 2. The highest BCUT2D eigenvalue weighted by Crippen LogP contribution is 2.41. The first-order valence-corrected chi connectivity index (χ1v) is 7.44. The summed E-state index contributed by atoms with van der Waals surface area (Å²) in [5.74, 6) is -0.405. The number of carbonyl (C=O) groups is 1. The maximum absolute atomic E-state index is 12.8. The monoisotopic (exact) mass is 333 g/mol. The predicted octanol–water partition coefficient (Wildman–Crippen LogP) is 2.38. The fourth-order valence-electron chi connectivity index (χ4n) is 2.73. The van der Waals surface area contributed by atoms with Crippen LogP contribution in [0.3, 0.4) is 0 Å². The number of benzene rings is 1. The third-order valence-corrected chi connectivity index (χ3v) is 4.61. The molecular formula is C13H14F3N3O2S. The van der Waals surface area contributed by atoms with Gasteiger partial charge in [0.15, 0.2) is 6.10 Å². The number of hydrogen-bond donors (Lipinski definition) is 2. The summed E-state index contributed by atoms with van der Waals surface area (Å²) in [6.07, 6.45) is -7.30. The SMILES string of the molecule is CN1Nc2ccc(N3C(=O)CCC3C(O)C(F)(F)F)cc2S1. The number of fused-ring (bicyclic) bond motifs is 1. The molecule has 0 aromatic heterocycles. The van der Waals surface area contributed by atoms with E-state index in [9.17, 15) is 23.1 Å². The molecule has 0 spiro atoms. The summed E-state index contributed by atoms with van der Waals surface area (Å²) in [6, 6.07) is 3.69. The van der Waals surface area contributed by atoms with Crippen LogP contribution in [0.15, 0.2) is 23.1 Å². The lowest BCUT2D eigenvalue weighted by atomic mass is 10.1. The van der Waals surface area contributed by atoms with E-state index in [1.807, 2.05) is 7.05 Å². The van der Waals surface area contributed by atoms with Crippen molar-refractivity contribution in [1.82, 2.24) is 4.41 Å². The van der Waals surface area contributed by atoms with Crippen molar-refractivity contribution in [3.8, 4) is 0 Å². The van der Waals surface area contributed by atoms with Crippen LogP contribution in [-0.2, 0) is 4.79 Å². The third-order valence-electron chi connectivity index (χ3n) is 3.71. The third kappa shape index (κ3) is 2.64. The average molecular weight is 333 g/mol. The molecule has 120 valence electrons. The number of aliphatic hydroxyl groups excluding tert-OH is 1. The van der Waals surface area contributed by atoms with Crippen molar-refractivity contribution in [2.24, 2.45) is 0 Å². The number of amides is 1. The molecule has 1 fully saturated rings. The zero-order valence-corrected chi connectivity index (χ0v) is 12.4. The second-order valence-corrected chi connectivity index (χ2v) is 6.41. The van der Waals surface area contributed by atoms with Gasteiger partial charge in [-0.3, -0.25) is 4.79 Å². The Morgan fingerprint density at radius 2 is 2.18 bits per heavy atom. The molecule has 1 amide bonds. The summed E-state index contributed by atoms with van der Waals surface area (Å²) in [5.41, 5.74) is 4.25. The molecule has 9 heteroatoms. The highest BCUT2D eigenvalue weighted by Gasteiger charge is 2.49. The van der Waals surface area contributed by atoms with E-state index < -0.39 is 24.2 Å². The Morgan fingerprint density at radius 3 is 2.86 bits per heavy atom. The van der Waals surface area contributed by atoms with Crippen LogP contribution in [0.1, 0.15) is 12.8 Å². The van der Waals surface area contributed by atoms with E-state index in [2.05, 4.69) is 5.43 Å². The van der Waals surface area contributed by atoms with Crippen molar-refractivity contribution in [3.63, 3.8) is 0 Å². The summed E-state index contributed by atoms with van der Waals surface area (Å²) in [5, 5.41) is 9.53. The molecule has 2 unspecified atom stereocenters. The molecule has 1 saturated heterocycles. The van der Waals surface area contributed by atoms with Gasteiger partial charge in [-0.05, 0) is 36.6 Å². The first-order chi connectivity index (χ1) is 10.3. The van der Waals surface area contributed by atoms with E-state index in [1.54, 1.807) is 22.6 Å². The summed E-state index contributed by atoms with van der Waals surface area (Å²) in [4.78, 5) is 13.9. The van der Waals surface area contributed by atoms with E-state index in [4.69, 9.17) is 0 Å². The van der Waals surface area contributed by atoms with Gasteiger partial charge < -0.3 is 15.4 Å². The molecule has 0 bridgehead atoms. The number of rotatable bonds is 2. The van der Waals surface area contributed by atoms with Crippen LogP contribution >= 0.6 is 11.9 Å². The van der Waals surface area contributed by atoms with Crippen LogP contribution in [0.25, 0.3) is 0 Å². The highest BCUT2D eigenvalue weighted by atomic mass is 32.2. The molecule has 0 aliphatic carbocycles. The van der Waals surface area contributed by atoms with Gasteiger partial charge in [-0.1, -0.05) is 0 Å². The Morgan fingerprint density at radius 1 is 1.45 bits per heavy atom. The predicted molar refractivity (Wildman–Crippen MR) is 76.3 cm³/mol. The minimum Gasteiger partial charge on any atom is -0.382 e. The fraction of sp³-hybridized carbons (Fsp3) is 0.462. The van der Waals surface area contributed by atoms with Gasteiger partial charge in [-0.15, -0.1) is 0 Å². The van der Waals surface area contributed by atoms with E-state index in [0.29, 0.717) is 5.69 Å². The number of carbonyl (C=O) groups excluding carboxylic acids is 1. The number of alkyl halides is 3. The van der Waals surface area contributed by atoms with Gasteiger partial charge in [0.1, 0.15) is 0 Å². The minimum atomic E-state index is -4.75. The minimum absolute atomic E-state index is 0.000186. The molecule has 2 N–H and O–H groups in total. The van der Waals surface area contributed by atoms with Gasteiger partial charge in [-0.25, -0.2) is 0 Å². The summed E-state index contributed by atoms with van der Waals surface area (Å²) in [6.45, 7) is 0. The lowest BCUT2D eigenvalue weighted by molar-refractivity contribution is -0.209. The Hall–Kier alpha value is -1.45. The van der Waals surface area contributed by atoms with Crippen molar-refractivity contribution < 1.29 is 23.1 Å². The smallest absolute Gasteiger partial charge is 0.382 e. The van der Waals surface area contributed by atoms with Crippen LogP contribution in [-0.4, -0.2) is 40.8 Å². The Balaban J connectivity index is 1.92. The van der Waals surface area contributed by atoms with Crippen LogP contribution in [0, 0.1) is 0 Å². The number of nitrogens with one attached hydrogen (secondary N) is 1. The normalized spacial score (nSPS) is 23.6. The van der Waals surface area contributed by atoms with Crippen LogP contribution in [0.4, 0.5) is 24.5 Å². The molecular weight excluding hydrogens is 319 g/mol. The van der Waals surface area contributed by atoms with Gasteiger partial charge in [0.05, 0.1) is 16.6 Å². The number of hydrazine groups is 1. The quantitative estimate of drug-likeness (QED) is 0.814. The molecule has 2 aliphatic rings. The van der Waals surface area contributed by atoms with Crippen molar-refractivity contribution >= 4 is 29.2 Å². The number of hydrogen-bond acceptors (Lipinski definition) is 5. The topological polar surface area (TPSA) is 55.8 Å². The zero-order valence-electron chi connectivity index (χ0n) is 11.6. The molecule has 1 aromatic rings. The molecule has 2 atom stereocenters. The largest absolute Gasteiger partial charge is 0.416 e. The lowest BCUT2D eigenvalue weighted by Gasteiger charge is -2.30. The summed E-state index contributed by atoms with van der Waals surface area (Å²) >= 11 is 1.38. The molecule has 0 radical (unpaired) electrons. The van der Waals surface area contributed by atoms with Gasteiger partial charge in [0, 0.05) is 19.2 Å². The molecule has 3 rings (SSSR count). The molecule has 0 saturated carbocycles. The van der Waals surface area contributed by atoms with Crippen molar-refractivity contribution in [1.29, 1.82) is 0 Å². The highest BCUT2D eigenvalue weighted by molar-refractivity contribution is 7.97. The van der Waals surface area contributed by atoms with Gasteiger partial charge in [0.2, 0.25) is 5.91 Å². The van der Waals surface area contributed by atoms with Crippen molar-refractivity contribution in [2.75, 3.05) is 17.4 Å². The van der Waals surface area contributed by atoms with E-state index in [0.717, 1.165) is 15.5 Å². The first kappa shape index (κ1) is 15.4. The maximum atomic E-state index is 12.8. The first-order valence-electron chi connectivity index (χ1n) is 6.66. The molecule has 5 nitrogen and oxygen atoms in total. The van der Waals surface area contributed by atoms with E-state index >= 15 is 0 Å². The Kier molecular flexibility index (Phi) is 3.74. The van der Waals surface area contributed by atoms with E-state index in [-0.39, 0.29) is 12.8 Å². The average Bonchev–Trinajstić information content (AvgIpc) is 2.97. The van der Waals surface area contributed by atoms with Gasteiger partial charge in [-0.2, -0.15) is 17.6 Å². The van der Waals surface area contributed by atoms with Gasteiger partial charge in [0.25, 0.3) is 0 Å². The number of aliphatic hydroxyl groups is 1. The second-order valence-electron chi connectivity index (χ2n) is 5.24.